The molecule has 2 heterocycles. The molecular formula is C59H37NOS. The number of fused-ring (bicyclic) bond motifs is 11. The predicted octanol–water partition coefficient (Wildman–Crippen LogP) is 16.6. The van der Waals surface area contributed by atoms with Crippen LogP contribution in [0.4, 0.5) is 17.1 Å². The van der Waals surface area contributed by atoms with Crippen molar-refractivity contribution in [1.29, 1.82) is 0 Å². The predicted molar refractivity (Wildman–Crippen MR) is 262 cm³/mol. The average molecular weight is 808 g/mol. The Kier molecular flexibility index (Phi) is 7.72. The van der Waals surface area contributed by atoms with Crippen LogP contribution in [-0.2, 0) is 5.41 Å². The zero-order valence-electron chi connectivity index (χ0n) is 33.6. The molecule has 0 spiro atoms. The minimum Gasteiger partial charge on any atom is -0.456 e. The summed E-state index contributed by atoms with van der Waals surface area (Å²) in [5.74, 6) is 0. The summed E-state index contributed by atoms with van der Waals surface area (Å²) in [6, 6.07) is 82.2. The van der Waals surface area contributed by atoms with Crippen molar-refractivity contribution in [3.63, 3.8) is 0 Å². The molecule has 0 aliphatic heterocycles. The molecule has 13 rings (SSSR count). The van der Waals surface area contributed by atoms with Gasteiger partial charge in [0.2, 0.25) is 0 Å². The Bertz CT molecular complexity index is 3650. The lowest BCUT2D eigenvalue weighted by Crippen LogP contribution is -2.28. The zero-order valence-corrected chi connectivity index (χ0v) is 34.4. The molecule has 0 amide bonds. The van der Waals surface area contributed by atoms with Crippen LogP contribution >= 0.6 is 11.3 Å². The molecule has 0 saturated carbocycles. The van der Waals surface area contributed by atoms with E-state index >= 15 is 0 Å². The number of benzene rings is 10. The Hall–Kier alpha value is -7.72. The summed E-state index contributed by atoms with van der Waals surface area (Å²) in [7, 11) is 0. The lowest BCUT2D eigenvalue weighted by molar-refractivity contribution is 0.669. The van der Waals surface area contributed by atoms with Crippen LogP contribution in [0.2, 0.25) is 0 Å². The van der Waals surface area contributed by atoms with E-state index in [0.29, 0.717) is 0 Å². The molecule has 0 bridgehead atoms. The fourth-order valence-electron chi connectivity index (χ4n) is 10.5. The minimum absolute atomic E-state index is 0.454. The van der Waals surface area contributed by atoms with Crippen molar-refractivity contribution in [2.24, 2.45) is 0 Å². The van der Waals surface area contributed by atoms with Gasteiger partial charge in [0.25, 0.3) is 0 Å². The van der Waals surface area contributed by atoms with E-state index in [1.807, 2.05) is 17.4 Å². The van der Waals surface area contributed by atoms with Crippen molar-refractivity contribution >= 4 is 81.3 Å². The highest BCUT2D eigenvalue weighted by molar-refractivity contribution is 7.27. The summed E-state index contributed by atoms with van der Waals surface area (Å²) in [4.78, 5) is 2.41. The normalized spacial score (nSPS) is 13.0. The molecule has 0 radical (unpaired) electrons. The van der Waals surface area contributed by atoms with E-state index in [0.717, 1.165) is 39.0 Å². The van der Waals surface area contributed by atoms with Crippen molar-refractivity contribution in [1.82, 2.24) is 0 Å². The van der Waals surface area contributed by atoms with Gasteiger partial charge in [-0.25, -0.2) is 0 Å². The van der Waals surface area contributed by atoms with E-state index in [1.165, 1.54) is 75.5 Å². The van der Waals surface area contributed by atoms with Crippen LogP contribution < -0.4 is 4.90 Å². The maximum absolute atomic E-state index is 6.50. The lowest BCUT2D eigenvalue weighted by Gasteiger charge is -2.34. The first kappa shape index (κ1) is 35.1. The number of thiophene rings is 1. The van der Waals surface area contributed by atoms with Gasteiger partial charge in [-0.3, -0.25) is 0 Å². The summed E-state index contributed by atoms with van der Waals surface area (Å²) < 4.78 is 9.07. The van der Waals surface area contributed by atoms with E-state index in [1.54, 1.807) is 0 Å². The third-order valence-electron chi connectivity index (χ3n) is 13.1. The van der Waals surface area contributed by atoms with Crippen LogP contribution in [-0.4, -0.2) is 0 Å². The number of rotatable bonds is 6. The number of furan rings is 1. The molecule has 0 N–H and O–H groups in total. The summed E-state index contributed by atoms with van der Waals surface area (Å²) in [5, 5.41) is 7.34. The molecule has 0 saturated heterocycles. The Morgan fingerprint density at radius 3 is 1.81 bits per heavy atom. The van der Waals surface area contributed by atoms with E-state index in [9.17, 15) is 0 Å². The summed E-state index contributed by atoms with van der Waals surface area (Å²) in [6.07, 6.45) is 0. The van der Waals surface area contributed by atoms with Gasteiger partial charge in [-0.2, -0.15) is 0 Å². The Morgan fingerprint density at radius 1 is 0.387 bits per heavy atom. The number of nitrogens with zero attached hydrogens (tertiary/aromatic N) is 1. The standard InChI is InChI=1S/C59H37NOS/c1-3-16-40(17-4-1)59(41-18-5-2-6-19-41)51-25-11-9-22-50(51)56-44(23-13-26-52(56)59)39-29-32-42(33-30-39)60(43-34-36-47-46-21-10-12-28-54(46)61-55(47)37-43)53-27-14-24-48-49-35-31-38-15-7-8-20-45(38)57(49)62-58(48)53/h1-37H. The van der Waals surface area contributed by atoms with Crippen LogP contribution in [0, 0.1) is 0 Å². The summed E-state index contributed by atoms with van der Waals surface area (Å²) in [5.41, 5.74) is 14.7. The number of hydrogen-bond donors (Lipinski definition) is 0. The minimum atomic E-state index is -0.454. The van der Waals surface area contributed by atoms with Gasteiger partial charge in [-0.1, -0.05) is 182 Å². The van der Waals surface area contributed by atoms with Gasteiger partial charge >= 0.3 is 0 Å². The van der Waals surface area contributed by atoms with Gasteiger partial charge in [0.1, 0.15) is 11.2 Å². The molecule has 10 aromatic carbocycles. The maximum atomic E-state index is 6.50. The van der Waals surface area contributed by atoms with E-state index in [-0.39, 0.29) is 0 Å². The fourth-order valence-corrected chi connectivity index (χ4v) is 11.8. The van der Waals surface area contributed by atoms with E-state index in [4.69, 9.17) is 4.42 Å². The molecule has 2 nitrogen and oxygen atoms in total. The topological polar surface area (TPSA) is 16.4 Å². The van der Waals surface area contributed by atoms with Gasteiger partial charge in [0.15, 0.2) is 0 Å². The van der Waals surface area contributed by atoms with Gasteiger partial charge in [0, 0.05) is 43.7 Å². The summed E-state index contributed by atoms with van der Waals surface area (Å²) >= 11 is 1.88. The van der Waals surface area contributed by atoms with Crippen molar-refractivity contribution in [3.05, 3.63) is 247 Å². The molecule has 62 heavy (non-hydrogen) atoms. The van der Waals surface area contributed by atoms with Gasteiger partial charge in [0.05, 0.1) is 15.8 Å². The van der Waals surface area contributed by atoms with Crippen LogP contribution in [0.1, 0.15) is 22.3 Å². The smallest absolute Gasteiger partial charge is 0.137 e. The number of anilines is 3. The number of para-hydroxylation sites is 1. The lowest BCUT2D eigenvalue weighted by atomic mass is 9.67. The van der Waals surface area contributed by atoms with Crippen molar-refractivity contribution in [3.8, 4) is 22.3 Å². The third kappa shape index (κ3) is 5.03. The molecule has 3 heteroatoms. The molecule has 2 aromatic heterocycles. The molecule has 1 aliphatic rings. The second kappa shape index (κ2) is 13.7. The molecular weight excluding hydrogens is 771 g/mol. The van der Waals surface area contributed by atoms with E-state index < -0.39 is 5.41 Å². The molecule has 0 unspecified atom stereocenters. The highest BCUT2D eigenvalue weighted by Gasteiger charge is 2.46. The van der Waals surface area contributed by atoms with Crippen LogP contribution in [0.25, 0.3) is 75.1 Å². The third-order valence-corrected chi connectivity index (χ3v) is 14.4. The van der Waals surface area contributed by atoms with Gasteiger partial charge in [-0.05, 0) is 91.7 Å². The number of hydrogen-bond acceptors (Lipinski definition) is 3. The zero-order chi connectivity index (χ0) is 40.8. The molecule has 0 fully saturated rings. The fraction of sp³-hybridized carbons (Fsp3) is 0.0169. The SMILES string of the molecule is c1ccc(C2(c3ccccc3)c3ccccc3-c3c(-c4ccc(N(c5ccc6c(c5)oc5ccccc56)c5cccc6c5sc5c7ccccc7ccc65)cc4)cccc32)cc1. The van der Waals surface area contributed by atoms with Crippen LogP contribution in [0.15, 0.2) is 229 Å². The molecule has 290 valence electrons. The highest BCUT2D eigenvalue weighted by atomic mass is 32.1. The second-order valence-corrected chi connectivity index (χ2v) is 17.4. The quantitative estimate of drug-likeness (QED) is 0.166. The monoisotopic (exact) mass is 807 g/mol. The molecule has 0 atom stereocenters. The Morgan fingerprint density at radius 2 is 0.984 bits per heavy atom. The molecule has 12 aromatic rings. The van der Waals surface area contributed by atoms with Crippen molar-refractivity contribution in [2.45, 2.75) is 5.41 Å². The molecule has 1 aliphatic carbocycles. The first-order valence-electron chi connectivity index (χ1n) is 21.2. The largest absolute Gasteiger partial charge is 0.456 e. The van der Waals surface area contributed by atoms with Crippen molar-refractivity contribution in [2.75, 3.05) is 4.90 Å². The van der Waals surface area contributed by atoms with E-state index in [2.05, 4.69) is 223 Å². The average Bonchev–Trinajstić information content (AvgIpc) is 4.01. The van der Waals surface area contributed by atoms with Crippen LogP contribution in [0.5, 0.6) is 0 Å². The Balaban J connectivity index is 1.01. The first-order chi connectivity index (χ1) is 30.8. The van der Waals surface area contributed by atoms with Crippen LogP contribution in [0.3, 0.4) is 0 Å². The van der Waals surface area contributed by atoms with Crippen molar-refractivity contribution < 1.29 is 4.42 Å². The van der Waals surface area contributed by atoms with Gasteiger partial charge < -0.3 is 9.32 Å². The first-order valence-corrected chi connectivity index (χ1v) is 22.1. The Labute approximate surface area is 363 Å². The summed E-state index contributed by atoms with van der Waals surface area (Å²) in [6.45, 7) is 0. The van der Waals surface area contributed by atoms with Gasteiger partial charge in [-0.15, -0.1) is 11.3 Å². The highest BCUT2D eigenvalue weighted by Crippen LogP contribution is 2.58. The maximum Gasteiger partial charge on any atom is 0.137 e. The second-order valence-electron chi connectivity index (χ2n) is 16.3.